The van der Waals surface area contributed by atoms with Crippen LogP contribution >= 0.6 is 47.2 Å². The molecule has 0 saturated carbocycles. The van der Waals surface area contributed by atoms with E-state index in [0.29, 0.717) is 25.8 Å². The van der Waals surface area contributed by atoms with E-state index >= 15 is 0 Å². The molecule has 0 aliphatic carbocycles. The van der Waals surface area contributed by atoms with E-state index in [2.05, 4.69) is 6.92 Å². The fraction of sp³-hybridized carbons (Fsp3) is 0.286. The van der Waals surface area contributed by atoms with E-state index in [-0.39, 0.29) is 5.91 Å². The van der Waals surface area contributed by atoms with Gasteiger partial charge in [0.25, 0.3) is 5.91 Å². The highest BCUT2D eigenvalue weighted by Crippen LogP contribution is 2.33. The van der Waals surface area contributed by atoms with Crippen LogP contribution in [0.4, 0.5) is 0 Å². The molecule has 1 fully saturated rings. The first-order chi connectivity index (χ1) is 9.52. The normalized spacial score (nSPS) is 17.4. The maximum absolute atomic E-state index is 12.3. The highest BCUT2D eigenvalue weighted by Gasteiger charge is 2.31. The minimum atomic E-state index is -0.0282. The Hall–Kier alpha value is -0.550. The number of hydrogen-bond donors (Lipinski definition) is 0. The van der Waals surface area contributed by atoms with E-state index in [1.165, 1.54) is 11.8 Å². The van der Waals surface area contributed by atoms with Crippen LogP contribution in [0.2, 0.25) is 10.0 Å². The van der Waals surface area contributed by atoms with Crippen LogP contribution in [0.15, 0.2) is 23.1 Å². The van der Waals surface area contributed by atoms with Crippen LogP contribution in [0.1, 0.15) is 25.3 Å². The molecule has 0 N–H and O–H groups in total. The average Bonchev–Trinajstić information content (AvgIpc) is 2.67. The van der Waals surface area contributed by atoms with Gasteiger partial charge in [-0.3, -0.25) is 9.69 Å². The summed E-state index contributed by atoms with van der Waals surface area (Å²) in [6.45, 7) is 2.77. The molecule has 0 spiro atoms. The van der Waals surface area contributed by atoms with Crippen molar-refractivity contribution in [3.63, 3.8) is 0 Å². The Morgan fingerprint density at radius 3 is 2.75 bits per heavy atom. The van der Waals surface area contributed by atoms with Crippen LogP contribution in [0.3, 0.4) is 0 Å². The second-order valence-corrected chi connectivity index (χ2v) is 6.85. The Labute approximate surface area is 138 Å². The topological polar surface area (TPSA) is 20.3 Å². The molecular weight excluding hydrogens is 333 g/mol. The van der Waals surface area contributed by atoms with Crippen LogP contribution in [0, 0.1) is 0 Å². The molecule has 2 rings (SSSR count). The number of unbranched alkanes of at least 4 members (excludes halogenated alkanes) is 1. The number of halogens is 2. The van der Waals surface area contributed by atoms with Crippen LogP contribution in [0.25, 0.3) is 6.08 Å². The summed E-state index contributed by atoms with van der Waals surface area (Å²) in [5, 5.41) is 0.973. The van der Waals surface area contributed by atoms with Gasteiger partial charge in [-0.1, -0.05) is 66.6 Å². The van der Waals surface area contributed by atoms with Crippen molar-refractivity contribution in [3.05, 3.63) is 38.7 Å². The van der Waals surface area contributed by atoms with Gasteiger partial charge in [0.1, 0.15) is 4.32 Å². The van der Waals surface area contributed by atoms with Crippen molar-refractivity contribution in [3.8, 4) is 0 Å². The number of rotatable bonds is 4. The lowest BCUT2D eigenvalue weighted by Gasteiger charge is -2.12. The Kier molecular flexibility index (Phi) is 5.49. The molecule has 0 unspecified atom stereocenters. The van der Waals surface area contributed by atoms with Gasteiger partial charge in [0.2, 0.25) is 0 Å². The van der Waals surface area contributed by atoms with E-state index in [1.54, 1.807) is 23.1 Å². The van der Waals surface area contributed by atoms with Crippen molar-refractivity contribution >= 4 is 63.5 Å². The zero-order valence-corrected chi connectivity index (χ0v) is 14.0. The predicted molar refractivity (Wildman–Crippen MR) is 91.2 cm³/mol. The van der Waals surface area contributed by atoms with Crippen LogP contribution in [-0.4, -0.2) is 21.7 Å². The monoisotopic (exact) mass is 345 g/mol. The van der Waals surface area contributed by atoms with Crippen molar-refractivity contribution in [1.82, 2.24) is 4.90 Å². The van der Waals surface area contributed by atoms with Gasteiger partial charge in [0.15, 0.2) is 0 Å². The van der Waals surface area contributed by atoms with Gasteiger partial charge in [0.05, 0.1) is 15.0 Å². The quantitative estimate of drug-likeness (QED) is 0.566. The number of thiocarbonyl (C=S) groups is 1. The molecule has 0 aromatic heterocycles. The SMILES string of the molecule is CCCCN1C(=O)C(=Cc2ccc(Cl)c(Cl)c2)SC1=S. The molecule has 1 aromatic rings. The molecule has 1 aliphatic rings. The molecular formula is C14H13Cl2NOS2. The molecule has 20 heavy (non-hydrogen) atoms. The minimum Gasteiger partial charge on any atom is -0.293 e. The summed E-state index contributed by atoms with van der Waals surface area (Å²) in [6.07, 6.45) is 3.78. The van der Waals surface area contributed by atoms with Crippen LogP contribution in [0.5, 0.6) is 0 Å². The standard InChI is InChI=1S/C14H13Cl2NOS2/c1-2-3-6-17-13(18)12(20-14(17)19)8-9-4-5-10(15)11(16)7-9/h4-5,7-8H,2-3,6H2,1H3. The number of amides is 1. The summed E-state index contributed by atoms with van der Waals surface area (Å²) in [5.74, 6) is -0.0282. The van der Waals surface area contributed by atoms with Crippen LogP contribution < -0.4 is 0 Å². The zero-order valence-electron chi connectivity index (χ0n) is 10.9. The van der Waals surface area contributed by atoms with Crippen molar-refractivity contribution in [2.75, 3.05) is 6.54 Å². The third-order valence-corrected chi connectivity index (χ3v) is 4.97. The number of thioether (sulfide) groups is 1. The maximum Gasteiger partial charge on any atom is 0.266 e. The summed E-state index contributed by atoms with van der Waals surface area (Å²) < 4.78 is 0.620. The predicted octanol–water partition coefficient (Wildman–Crippen LogP) is 4.99. The molecule has 1 amide bonds. The fourth-order valence-electron chi connectivity index (χ4n) is 1.76. The third kappa shape index (κ3) is 3.55. The molecule has 0 atom stereocenters. The molecule has 0 radical (unpaired) electrons. The first-order valence-corrected chi connectivity index (χ1v) is 8.21. The van der Waals surface area contributed by atoms with Gasteiger partial charge < -0.3 is 0 Å². The number of hydrogen-bond acceptors (Lipinski definition) is 3. The Morgan fingerprint density at radius 2 is 2.10 bits per heavy atom. The summed E-state index contributed by atoms with van der Waals surface area (Å²) in [7, 11) is 0. The van der Waals surface area contributed by atoms with Gasteiger partial charge in [0, 0.05) is 6.54 Å². The maximum atomic E-state index is 12.3. The smallest absolute Gasteiger partial charge is 0.266 e. The van der Waals surface area contributed by atoms with E-state index < -0.39 is 0 Å². The van der Waals surface area contributed by atoms with E-state index in [1.807, 2.05) is 6.07 Å². The lowest BCUT2D eigenvalue weighted by Crippen LogP contribution is -2.28. The lowest BCUT2D eigenvalue weighted by molar-refractivity contribution is -0.122. The number of carbonyl (C=O) groups is 1. The molecule has 1 aromatic carbocycles. The van der Waals surface area contributed by atoms with Crippen molar-refractivity contribution in [1.29, 1.82) is 0 Å². The molecule has 2 nitrogen and oxygen atoms in total. The summed E-state index contributed by atoms with van der Waals surface area (Å²) in [6, 6.07) is 5.28. The highest BCUT2D eigenvalue weighted by molar-refractivity contribution is 8.26. The summed E-state index contributed by atoms with van der Waals surface area (Å²) in [4.78, 5) is 14.6. The van der Waals surface area contributed by atoms with Crippen molar-refractivity contribution in [2.45, 2.75) is 19.8 Å². The Morgan fingerprint density at radius 1 is 1.35 bits per heavy atom. The molecule has 106 valence electrons. The van der Waals surface area contributed by atoms with Crippen molar-refractivity contribution < 1.29 is 4.79 Å². The van der Waals surface area contributed by atoms with E-state index in [0.717, 1.165) is 18.4 Å². The van der Waals surface area contributed by atoms with Gasteiger partial charge in [-0.05, 0) is 30.2 Å². The van der Waals surface area contributed by atoms with Crippen molar-refractivity contribution in [2.24, 2.45) is 0 Å². The second-order valence-electron chi connectivity index (χ2n) is 4.36. The number of nitrogens with zero attached hydrogens (tertiary/aromatic N) is 1. The van der Waals surface area contributed by atoms with E-state index in [4.69, 9.17) is 35.4 Å². The second kappa shape index (κ2) is 6.94. The largest absolute Gasteiger partial charge is 0.293 e. The first-order valence-electron chi connectivity index (χ1n) is 6.23. The number of carbonyl (C=O) groups excluding carboxylic acids is 1. The van der Waals surface area contributed by atoms with Gasteiger partial charge in [-0.15, -0.1) is 0 Å². The third-order valence-electron chi connectivity index (χ3n) is 2.85. The molecule has 1 aliphatic heterocycles. The Balaban J connectivity index is 2.20. The molecule has 6 heteroatoms. The Bertz CT molecular complexity index is 587. The highest BCUT2D eigenvalue weighted by atomic mass is 35.5. The molecule has 0 bridgehead atoms. The minimum absolute atomic E-state index is 0.0282. The van der Waals surface area contributed by atoms with Crippen LogP contribution in [-0.2, 0) is 4.79 Å². The van der Waals surface area contributed by atoms with Gasteiger partial charge in [-0.2, -0.15) is 0 Å². The van der Waals surface area contributed by atoms with Gasteiger partial charge >= 0.3 is 0 Å². The van der Waals surface area contributed by atoms with Gasteiger partial charge in [-0.25, -0.2) is 0 Å². The first kappa shape index (κ1) is 15.8. The molecule has 1 heterocycles. The zero-order chi connectivity index (χ0) is 14.7. The average molecular weight is 346 g/mol. The summed E-state index contributed by atoms with van der Waals surface area (Å²) in [5.41, 5.74) is 0.843. The van der Waals surface area contributed by atoms with E-state index in [9.17, 15) is 4.79 Å². The lowest BCUT2D eigenvalue weighted by atomic mass is 10.2. The summed E-state index contributed by atoms with van der Waals surface area (Å²) >= 11 is 18.4. The number of benzene rings is 1. The fourth-order valence-corrected chi connectivity index (χ4v) is 3.38. The molecule has 1 saturated heterocycles.